The summed E-state index contributed by atoms with van der Waals surface area (Å²) in [6.45, 7) is 10.9. The molecule has 0 unspecified atom stereocenters. The quantitative estimate of drug-likeness (QED) is 0.396. The highest BCUT2D eigenvalue weighted by molar-refractivity contribution is 7.92. The average Bonchev–Trinajstić information content (AvgIpc) is 2.84. The van der Waals surface area contributed by atoms with Gasteiger partial charge in [-0.1, -0.05) is 55.8 Å². The summed E-state index contributed by atoms with van der Waals surface area (Å²) >= 11 is 0. The first-order chi connectivity index (χ1) is 17.4. The SMILES string of the molecule is CCOc1ccccc1N(CCCC(=O)N(Cc1ccc(C)cc1)[C@@H](C)C(=O)NCC(C)C)S(C)(=O)=O. The number of para-hydroxylation sites is 2. The van der Waals surface area contributed by atoms with E-state index >= 15 is 0 Å². The van der Waals surface area contributed by atoms with E-state index in [9.17, 15) is 18.0 Å². The van der Waals surface area contributed by atoms with Gasteiger partial charge in [-0.25, -0.2) is 8.42 Å². The molecule has 0 heterocycles. The van der Waals surface area contributed by atoms with Crippen molar-refractivity contribution in [1.29, 1.82) is 0 Å². The Bertz CT molecular complexity index is 1130. The summed E-state index contributed by atoms with van der Waals surface area (Å²) in [5, 5.41) is 2.91. The number of nitrogens with one attached hydrogen (secondary N) is 1. The molecule has 2 rings (SSSR count). The molecule has 0 fully saturated rings. The van der Waals surface area contributed by atoms with Crippen LogP contribution in [0.1, 0.15) is 51.7 Å². The van der Waals surface area contributed by atoms with Gasteiger partial charge in [-0.15, -0.1) is 0 Å². The largest absolute Gasteiger partial charge is 0.492 e. The number of ether oxygens (including phenoxy) is 1. The number of amides is 2. The summed E-state index contributed by atoms with van der Waals surface area (Å²) in [5.41, 5.74) is 2.47. The number of rotatable bonds is 14. The molecule has 2 aromatic rings. The summed E-state index contributed by atoms with van der Waals surface area (Å²) in [6, 6.07) is 14.1. The molecule has 1 N–H and O–H groups in total. The first-order valence-corrected chi connectivity index (χ1v) is 14.6. The summed E-state index contributed by atoms with van der Waals surface area (Å²) in [4.78, 5) is 27.8. The third-order valence-corrected chi connectivity index (χ3v) is 7.09. The first-order valence-electron chi connectivity index (χ1n) is 12.8. The molecule has 0 aromatic heterocycles. The van der Waals surface area contributed by atoms with E-state index in [2.05, 4.69) is 5.32 Å². The van der Waals surface area contributed by atoms with E-state index in [0.717, 1.165) is 17.4 Å². The van der Waals surface area contributed by atoms with Crippen LogP contribution in [0, 0.1) is 12.8 Å². The van der Waals surface area contributed by atoms with Gasteiger partial charge in [0.15, 0.2) is 0 Å². The molecule has 0 aliphatic heterocycles. The van der Waals surface area contributed by atoms with Crippen molar-refractivity contribution in [2.24, 2.45) is 5.92 Å². The lowest BCUT2D eigenvalue weighted by atomic mass is 10.1. The number of hydrogen-bond donors (Lipinski definition) is 1. The number of carbonyl (C=O) groups is 2. The third-order valence-electron chi connectivity index (χ3n) is 5.91. The van der Waals surface area contributed by atoms with Crippen LogP contribution >= 0.6 is 0 Å². The van der Waals surface area contributed by atoms with Crippen LogP contribution in [0.3, 0.4) is 0 Å². The minimum atomic E-state index is -3.61. The normalized spacial score (nSPS) is 12.2. The van der Waals surface area contributed by atoms with Gasteiger partial charge in [0.2, 0.25) is 21.8 Å². The molecule has 2 aromatic carbocycles. The van der Waals surface area contributed by atoms with Gasteiger partial charge in [0.25, 0.3) is 0 Å². The van der Waals surface area contributed by atoms with Crippen LogP contribution in [0.25, 0.3) is 0 Å². The van der Waals surface area contributed by atoms with Gasteiger partial charge in [-0.2, -0.15) is 0 Å². The van der Waals surface area contributed by atoms with E-state index in [1.807, 2.05) is 52.0 Å². The van der Waals surface area contributed by atoms with Gasteiger partial charge in [-0.3, -0.25) is 13.9 Å². The fourth-order valence-corrected chi connectivity index (χ4v) is 4.82. The van der Waals surface area contributed by atoms with E-state index in [-0.39, 0.29) is 31.2 Å². The lowest BCUT2D eigenvalue weighted by Crippen LogP contribution is -2.48. The third kappa shape index (κ3) is 9.39. The van der Waals surface area contributed by atoms with Gasteiger partial charge >= 0.3 is 0 Å². The number of benzene rings is 2. The standard InChI is InChI=1S/C28H41N3O5S/c1-7-36-26-12-9-8-11-25(26)31(37(6,34)35)18-10-13-27(32)30(20-24-16-14-22(4)15-17-24)23(5)28(33)29-19-21(2)3/h8-9,11-12,14-17,21,23H,7,10,13,18-20H2,1-6H3,(H,29,33)/t23-/m0/s1. The fourth-order valence-electron chi connectivity index (χ4n) is 3.85. The summed E-state index contributed by atoms with van der Waals surface area (Å²) in [5.74, 6) is 0.342. The van der Waals surface area contributed by atoms with Crippen molar-refractivity contribution in [1.82, 2.24) is 10.2 Å². The number of hydrogen-bond acceptors (Lipinski definition) is 5. The zero-order valence-corrected chi connectivity index (χ0v) is 23.7. The van der Waals surface area contributed by atoms with E-state index in [4.69, 9.17) is 4.74 Å². The number of nitrogens with zero attached hydrogens (tertiary/aromatic N) is 2. The zero-order chi connectivity index (χ0) is 27.6. The lowest BCUT2D eigenvalue weighted by Gasteiger charge is -2.30. The van der Waals surface area contributed by atoms with Crippen molar-refractivity contribution in [3.8, 4) is 5.75 Å². The highest BCUT2D eigenvalue weighted by Gasteiger charge is 2.27. The second-order valence-electron chi connectivity index (χ2n) is 9.66. The Morgan fingerprint density at radius 3 is 2.27 bits per heavy atom. The van der Waals surface area contributed by atoms with Crippen molar-refractivity contribution >= 4 is 27.5 Å². The Kier molecular flexibility index (Phi) is 11.4. The minimum absolute atomic E-state index is 0.0937. The highest BCUT2D eigenvalue weighted by Crippen LogP contribution is 2.30. The number of aryl methyl sites for hydroxylation is 1. The predicted octanol–water partition coefficient (Wildman–Crippen LogP) is 4.13. The van der Waals surface area contributed by atoms with Crippen molar-refractivity contribution < 1.29 is 22.7 Å². The maximum atomic E-state index is 13.4. The van der Waals surface area contributed by atoms with E-state index in [0.29, 0.717) is 37.1 Å². The predicted molar refractivity (Wildman–Crippen MR) is 148 cm³/mol. The number of sulfonamides is 1. The Hall–Kier alpha value is -3.07. The van der Waals surface area contributed by atoms with Crippen LogP contribution < -0.4 is 14.4 Å². The maximum Gasteiger partial charge on any atom is 0.242 e. The van der Waals surface area contributed by atoms with Gasteiger partial charge in [0.05, 0.1) is 18.6 Å². The molecule has 0 radical (unpaired) electrons. The van der Waals surface area contributed by atoms with E-state index in [1.165, 1.54) is 4.31 Å². The molecule has 0 aliphatic carbocycles. The molecule has 2 amide bonds. The Morgan fingerprint density at radius 2 is 1.68 bits per heavy atom. The molecule has 204 valence electrons. The lowest BCUT2D eigenvalue weighted by molar-refractivity contribution is -0.140. The molecule has 0 aliphatic rings. The van der Waals surface area contributed by atoms with Crippen LogP contribution in [-0.4, -0.2) is 57.1 Å². The summed E-state index contributed by atoms with van der Waals surface area (Å²) in [6.07, 6.45) is 1.52. The highest BCUT2D eigenvalue weighted by atomic mass is 32.2. The monoisotopic (exact) mass is 531 g/mol. The topological polar surface area (TPSA) is 96.0 Å². The number of anilines is 1. The molecule has 0 saturated heterocycles. The second kappa shape index (κ2) is 14.0. The molecule has 8 nitrogen and oxygen atoms in total. The smallest absolute Gasteiger partial charge is 0.242 e. The Balaban J connectivity index is 2.19. The van der Waals surface area contributed by atoms with Crippen molar-refractivity contribution in [2.45, 2.75) is 60.0 Å². The first kappa shape index (κ1) is 30.2. The zero-order valence-electron chi connectivity index (χ0n) is 22.9. The van der Waals surface area contributed by atoms with Gasteiger partial charge in [-0.05, 0) is 50.8 Å². The van der Waals surface area contributed by atoms with Crippen LogP contribution in [-0.2, 0) is 26.2 Å². The molecular weight excluding hydrogens is 490 g/mol. The summed E-state index contributed by atoms with van der Waals surface area (Å²) in [7, 11) is -3.61. The summed E-state index contributed by atoms with van der Waals surface area (Å²) < 4.78 is 32.1. The van der Waals surface area contributed by atoms with Gasteiger partial charge in [0.1, 0.15) is 11.8 Å². The minimum Gasteiger partial charge on any atom is -0.492 e. The average molecular weight is 532 g/mol. The molecule has 0 saturated carbocycles. The van der Waals surface area contributed by atoms with Crippen LogP contribution in [0.2, 0.25) is 0 Å². The van der Waals surface area contributed by atoms with Crippen LogP contribution in [0.4, 0.5) is 5.69 Å². The molecule has 0 spiro atoms. The Labute approximate surface area is 222 Å². The van der Waals surface area contributed by atoms with Crippen LogP contribution in [0.15, 0.2) is 48.5 Å². The van der Waals surface area contributed by atoms with Gasteiger partial charge in [0, 0.05) is 26.1 Å². The van der Waals surface area contributed by atoms with Crippen molar-refractivity contribution in [3.63, 3.8) is 0 Å². The van der Waals surface area contributed by atoms with Gasteiger partial charge < -0.3 is 15.0 Å². The van der Waals surface area contributed by atoms with E-state index in [1.54, 1.807) is 36.1 Å². The molecule has 1 atom stereocenters. The Morgan fingerprint density at radius 1 is 1.03 bits per heavy atom. The van der Waals surface area contributed by atoms with Crippen LogP contribution in [0.5, 0.6) is 5.75 Å². The second-order valence-corrected chi connectivity index (χ2v) is 11.6. The molecule has 0 bridgehead atoms. The molecule has 9 heteroatoms. The fraction of sp³-hybridized carbons (Fsp3) is 0.500. The van der Waals surface area contributed by atoms with Crippen molar-refractivity contribution in [2.75, 3.05) is 30.3 Å². The molecular formula is C28H41N3O5S. The molecule has 37 heavy (non-hydrogen) atoms. The van der Waals surface area contributed by atoms with Crippen molar-refractivity contribution in [3.05, 3.63) is 59.7 Å². The maximum absolute atomic E-state index is 13.4. The van der Waals surface area contributed by atoms with E-state index < -0.39 is 16.1 Å². The number of carbonyl (C=O) groups excluding carboxylic acids is 2.